The number of hydrogen-bond acceptors (Lipinski definition) is 5. The molecule has 1 atom stereocenters. The van der Waals surface area contributed by atoms with Crippen LogP contribution in [0.2, 0.25) is 0 Å². The summed E-state index contributed by atoms with van der Waals surface area (Å²) in [5.74, 6) is -1.60. The second kappa shape index (κ2) is 5.71. The van der Waals surface area contributed by atoms with Gasteiger partial charge in [-0.1, -0.05) is 0 Å². The van der Waals surface area contributed by atoms with Crippen molar-refractivity contribution in [2.75, 3.05) is 6.61 Å². The molecule has 0 aliphatic heterocycles. The third-order valence-corrected chi connectivity index (χ3v) is 1.01. The largest absolute Gasteiger partial charge is 0.462 e. The van der Waals surface area contributed by atoms with E-state index in [1.807, 2.05) is 0 Å². The van der Waals surface area contributed by atoms with Crippen LogP contribution in [0, 0.1) is 11.3 Å². The number of rotatable bonds is 4. The van der Waals surface area contributed by atoms with Gasteiger partial charge in [-0.15, -0.1) is 0 Å². The van der Waals surface area contributed by atoms with Crippen molar-refractivity contribution in [1.29, 1.82) is 5.26 Å². The Morgan fingerprint density at radius 1 is 1.77 bits per heavy atom. The first-order valence-corrected chi connectivity index (χ1v) is 3.50. The van der Waals surface area contributed by atoms with Gasteiger partial charge in [0.2, 0.25) is 6.04 Å². The highest BCUT2D eigenvalue weighted by atomic mass is 16.5. The Morgan fingerprint density at radius 2 is 2.38 bits per heavy atom. The smallest absolute Gasteiger partial charge is 0.348 e. The summed E-state index contributed by atoms with van der Waals surface area (Å²) in [4.78, 5) is 24.4. The van der Waals surface area contributed by atoms with Crippen LogP contribution in [0.5, 0.6) is 0 Å². The number of nitrogens with zero attached hydrogens (tertiary/aromatic N) is 2. The third-order valence-electron chi connectivity index (χ3n) is 1.01. The molecule has 0 aromatic rings. The van der Waals surface area contributed by atoms with E-state index < -0.39 is 17.9 Å². The van der Waals surface area contributed by atoms with Crippen molar-refractivity contribution in [2.45, 2.75) is 13.0 Å². The van der Waals surface area contributed by atoms with Crippen LogP contribution in [-0.4, -0.2) is 30.7 Å². The van der Waals surface area contributed by atoms with Crippen LogP contribution < -0.4 is 5.73 Å². The fraction of sp³-hybridized carbons (Fsp3) is 0.429. The van der Waals surface area contributed by atoms with Crippen molar-refractivity contribution in [2.24, 2.45) is 10.7 Å². The minimum atomic E-state index is -1.33. The molecule has 0 saturated heterocycles. The van der Waals surface area contributed by atoms with E-state index in [1.165, 1.54) is 6.07 Å². The van der Waals surface area contributed by atoms with E-state index in [0.717, 1.165) is 6.21 Å². The van der Waals surface area contributed by atoms with E-state index in [2.05, 4.69) is 9.73 Å². The number of nitriles is 1. The van der Waals surface area contributed by atoms with Gasteiger partial charge in [0.25, 0.3) is 5.91 Å². The predicted molar refractivity (Wildman–Crippen MR) is 43.7 cm³/mol. The minimum absolute atomic E-state index is 0.207. The van der Waals surface area contributed by atoms with Gasteiger partial charge in [-0.2, -0.15) is 5.26 Å². The summed E-state index contributed by atoms with van der Waals surface area (Å²) in [5, 5.41) is 8.32. The fourth-order valence-corrected chi connectivity index (χ4v) is 0.485. The Labute approximate surface area is 75.0 Å². The van der Waals surface area contributed by atoms with Gasteiger partial charge >= 0.3 is 5.97 Å². The molecular formula is C7H9N3O3. The first-order chi connectivity index (χ1) is 6.11. The summed E-state index contributed by atoms with van der Waals surface area (Å²) in [6.45, 7) is 1.83. The highest BCUT2D eigenvalue weighted by molar-refractivity contribution is 6.23. The number of hydrogen-bond donors (Lipinski definition) is 1. The molecule has 13 heavy (non-hydrogen) atoms. The zero-order valence-electron chi connectivity index (χ0n) is 7.06. The second-order valence-electron chi connectivity index (χ2n) is 1.96. The van der Waals surface area contributed by atoms with Crippen LogP contribution in [0.15, 0.2) is 4.99 Å². The highest BCUT2D eigenvalue weighted by Crippen LogP contribution is 1.86. The average molecular weight is 183 g/mol. The predicted octanol–water partition coefficient (Wildman–Crippen LogP) is -1.00. The van der Waals surface area contributed by atoms with Crippen molar-refractivity contribution in [3.8, 4) is 6.07 Å². The zero-order valence-corrected chi connectivity index (χ0v) is 7.06. The molecule has 2 N–H and O–H groups in total. The van der Waals surface area contributed by atoms with Crippen molar-refractivity contribution < 1.29 is 14.3 Å². The van der Waals surface area contributed by atoms with Crippen LogP contribution in [-0.2, 0) is 14.3 Å². The first kappa shape index (κ1) is 11.1. The van der Waals surface area contributed by atoms with Gasteiger partial charge in [0.1, 0.15) is 6.21 Å². The summed E-state index contributed by atoms with van der Waals surface area (Å²) >= 11 is 0. The molecular weight excluding hydrogens is 174 g/mol. The van der Waals surface area contributed by atoms with Gasteiger partial charge in [-0.05, 0) is 6.92 Å². The van der Waals surface area contributed by atoms with Gasteiger partial charge < -0.3 is 10.5 Å². The Hall–Kier alpha value is -1.90. The number of carbonyl (C=O) groups excluding carboxylic acids is 2. The Balaban J connectivity index is 4.17. The van der Waals surface area contributed by atoms with Gasteiger partial charge in [0.15, 0.2) is 0 Å². The topological polar surface area (TPSA) is 106 Å². The maximum atomic E-state index is 10.7. The van der Waals surface area contributed by atoms with Crippen LogP contribution in [0.4, 0.5) is 0 Å². The van der Waals surface area contributed by atoms with Crippen LogP contribution in [0.1, 0.15) is 6.92 Å². The maximum absolute atomic E-state index is 10.7. The van der Waals surface area contributed by atoms with Gasteiger partial charge in [0, 0.05) is 0 Å². The molecule has 0 aromatic heterocycles. The third kappa shape index (κ3) is 4.53. The van der Waals surface area contributed by atoms with E-state index >= 15 is 0 Å². The number of aliphatic imine (C=N–C) groups is 1. The number of ether oxygens (including phenoxy) is 1. The van der Waals surface area contributed by atoms with Crippen molar-refractivity contribution in [3.05, 3.63) is 0 Å². The summed E-state index contributed by atoms with van der Waals surface area (Å²) in [6, 6.07) is 0.189. The van der Waals surface area contributed by atoms with Crippen LogP contribution in [0.3, 0.4) is 0 Å². The lowest BCUT2D eigenvalue weighted by Crippen LogP contribution is -2.26. The molecule has 0 saturated carbocycles. The normalized spacial score (nSPS) is 12.0. The lowest BCUT2D eigenvalue weighted by Gasteiger charge is -1.96. The number of primary amides is 1. The van der Waals surface area contributed by atoms with Crippen LogP contribution in [0.25, 0.3) is 0 Å². The molecule has 1 amide bonds. The standard InChI is InChI=1S/C7H9N3O3/c1-2-13-6(11)4-10-5(3-8)7(9)12/h4-5H,2H2,1H3,(H2,9,12). The Bertz CT molecular complexity index is 267. The summed E-state index contributed by atoms with van der Waals surface area (Å²) in [5.41, 5.74) is 4.78. The maximum Gasteiger partial charge on any atom is 0.348 e. The van der Waals surface area contributed by atoms with Crippen molar-refractivity contribution in [1.82, 2.24) is 0 Å². The molecule has 0 bridgehead atoms. The lowest BCUT2D eigenvalue weighted by molar-refractivity contribution is -0.134. The fourth-order valence-electron chi connectivity index (χ4n) is 0.485. The van der Waals surface area contributed by atoms with E-state index in [4.69, 9.17) is 11.0 Å². The lowest BCUT2D eigenvalue weighted by atomic mass is 10.3. The number of esters is 1. The van der Waals surface area contributed by atoms with Gasteiger partial charge in [0.05, 0.1) is 12.7 Å². The number of nitrogens with two attached hydrogens (primary N) is 1. The average Bonchev–Trinajstić information content (AvgIpc) is 2.05. The molecule has 0 radical (unpaired) electrons. The van der Waals surface area contributed by atoms with Crippen LogP contribution >= 0.6 is 0 Å². The number of amides is 1. The molecule has 6 nitrogen and oxygen atoms in total. The summed E-state index contributed by atoms with van der Waals surface area (Å²) in [7, 11) is 0. The van der Waals surface area contributed by atoms with Gasteiger partial charge in [-0.25, -0.2) is 4.79 Å². The summed E-state index contributed by atoms with van der Waals surface area (Å²) in [6.07, 6.45) is 0.766. The quantitative estimate of drug-likeness (QED) is 0.445. The molecule has 0 spiro atoms. The first-order valence-electron chi connectivity index (χ1n) is 3.50. The van der Waals surface area contributed by atoms with Crippen molar-refractivity contribution in [3.63, 3.8) is 0 Å². The monoisotopic (exact) mass is 183 g/mol. The number of carbonyl (C=O) groups is 2. The molecule has 0 heterocycles. The molecule has 0 fully saturated rings. The van der Waals surface area contributed by atoms with Gasteiger partial charge in [-0.3, -0.25) is 9.79 Å². The van der Waals surface area contributed by atoms with Crippen molar-refractivity contribution >= 4 is 18.1 Å². The molecule has 0 aromatic carbocycles. The summed E-state index contributed by atoms with van der Waals surface area (Å²) < 4.78 is 4.47. The Kier molecular flexibility index (Phi) is 4.88. The highest BCUT2D eigenvalue weighted by Gasteiger charge is 2.11. The molecule has 1 unspecified atom stereocenters. The molecule has 0 aliphatic carbocycles. The molecule has 0 aliphatic rings. The van der Waals surface area contributed by atoms with E-state index in [-0.39, 0.29) is 6.61 Å². The second-order valence-corrected chi connectivity index (χ2v) is 1.96. The van der Waals surface area contributed by atoms with E-state index in [0.29, 0.717) is 0 Å². The van der Waals surface area contributed by atoms with E-state index in [9.17, 15) is 9.59 Å². The zero-order chi connectivity index (χ0) is 10.3. The van der Waals surface area contributed by atoms with E-state index in [1.54, 1.807) is 6.92 Å². The SMILES string of the molecule is CCOC(=O)C=NC(C#N)C(N)=O. The molecule has 70 valence electrons. The molecule has 0 rings (SSSR count). The Morgan fingerprint density at radius 3 is 2.77 bits per heavy atom. The minimum Gasteiger partial charge on any atom is -0.462 e. The molecule has 6 heteroatoms.